The Hall–Kier alpha value is -2.66. The molecule has 1 aromatic heterocycles. The first kappa shape index (κ1) is 17.7. The van der Waals surface area contributed by atoms with E-state index in [9.17, 15) is 4.79 Å². The molecule has 0 saturated carbocycles. The van der Waals surface area contributed by atoms with Gasteiger partial charge in [0, 0.05) is 30.0 Å². The molecule has 1 amide bonds. The van der Waals surface area contributed by atoms with Gasteiger partial charge in [0.25, 0.3) is 5.91 Å². The average molecular weight is 378 g/mol. The van der Waals surface area contributed by atoms with Crippen LogP contribution < -0.4 is 10.2 Å². The molecule has 1 aliphatic rings. The summed E-state index contributed by atoms with van der Waals surface area (Å²) in [6.07, 6.45) is 2.51. The Balaban J connectivity index is 1.52. The van der Waals surface area contributed by atoms with Crippen LogP contribution in [0, 0.1) is 13.8 Å². The van der Waals surface area contributed by atoms with Gasteiger partial charge < -0.3 is 10.2 Å². The Labute approximate surface area is 163 Å². The molecule has 138 valence electrons. The minimum absolute atomic E-state index is 0.0968. The van der Waals surface area contributed by atoms with Crippen molar-refractivity contribution in [1.29, 1.82) is 0 Å². The predicted molar refractivity (Wildman–Crippen MR) is 113 cm³/mol. The van der Waals surface area contributed by atoms with Crippen LogP contribution in [0.1, 0.15) is 33.8 Å². The predicted octanol–water partition coefficient (Wildman–Crippen LogP) is 5.28. The number of carbonyl (C=O) groups is 1. The molecule has 0 atom stereocenters. The SMILES string of the molecule is Cc1cc(NC(=O)c2sc(-c3ccccc3)nc2C)ccc1N1CCCC1. The van der Waals surface area contributed by atoms with Crippen molar-refractivity contribution in [2.24, 2.45) is 0 Å². The van der Waals surface area contributed by atoms with E-state index < -0.39 is 0 Å². The third kappa shape index (κ3) is 3.74. The Kier molecular flexibility index (Phi) is 4.94. The maximum atomic E-state index is 12.8. The first-order valence-electron chi connectivity index (χ1n) is 9.31. The number of hydrogen-bond donors (Lipinski definition) is 1. The fourth-order valence-corrected chi connectivity index (χ4v) is 4.51. The first-order valence-corrected chi connectivity index (χ1v) is 10.1. The molecular weight excluding hydrogens is 354 g/mol. The Morgan fingerprint density at radius 3 is 2.52 bits per heavy atom. The second kappa shape index (κ2) is 7.53. The van der Waals surface area contributed by atoms with Gasteiger partial charge in [0.1, 0.15) is 9.88 Å². The summed E-state index contributed by atoms with van der Waals surface area (Å²) in [6, 6.07) is 16.1. The van der Waals surface area contributed by atoms with Crippen molar-refractivity contribution < 1.29 is 4.79 Å². The monoisotopic (exact) mass is 377 g/mol. The normalized spacial score (nSPS) is 13.8. The maximum absolute atomic E-state index is 12.8. The van der Waals surface area contributed by atoms with E-state index in [2.05, 4.69) is 34.3 Å². The highest BCUT2D eigenvalue weighted by molar-refractivity contribution is 7.17. The number of nitrogens with zero attached hydrogens (tertiary/aromatic N) is 2. The summed E-state index contributed by atoms with van der Waals surface area (Å²) in [4.78, 5) is 20.4. The molecule has 1 saturated heterocycles. The van der Waals surface area contributed by atoms with Crippen LogP contribution in [-0.4, -0.2) is 24.0 Å². The third-order valence-corrected chi connectivity index (χ3v) is 6.13. The molecule has 2 aromatic carbocycles. The van der Waals surface area contributed by atoms with E-state index in [1.54, 1.807) is 0 Å². The average Bonchev–Trinajstić information content (AvgIpc) is 3.32. The van der Waals surface area contributed by atoms with Crippen LogP contribution in [0.15, 0.2) is 48.5 Å². The zero-order valence-corrected chi connectivity index (χ0v) is 16.5. The highest BCUT2D eigenvalue weighted by Crippen LogP contribution is 2.30. The molecular formula is C22H23N3OS. The molecule has 27 heavy (non-hydrogen) atoms. The van der Waals surface area contributed by atoms with E-state index in [-0.39, 0.29) is 5.91 Å². The summed E-state index contributed by atoms with van der Waals surface area (Å²) in [5, 5.41) is 3.91. The lowest BCUT2D eigenvalue weighted by Gasteiger charge is -2.20. The number of benzene rings is 2. The number of rotatable bonds is 4. The van der Waals surface area contributed by atoms with Crippen molar-refractivity contribution in [2.75, 3.05) is 23.3 Å². The second-order valence-electron chi connectivity index (χ2n) is 6.95. The van der Waals surface area contributed by atoms with Gasteiger partial charge in [-0.2, -0.15) is 0 Å². The summed E-state index contributed by atoms with van der Waals surface area (Å²) < 4.78 is 0. The topological polar surface area (TPSA) is 45.2 Å². The molecule has 1 N–H and O–H groups in total. The molecule has 0 bridgehead atoms. The highest BCUT2D eigenvalue weighted by atomic mass is 32.1. The smallest absolute Gasteiger partial charge is 0.267 e. The van der Waals surface area contributed by atoms with Gasteiger partial charge in [-0.3, -0.25) is 4.79 Å². The van der Waals surface area contributed by atoms with Crippen LogP contribution in [-0.2, 0) is 0 Å². The van der Waals surface area contributed by atoms with E-state index in [1.165, 1.54) is 35.4 Å². The number of aromatic nitrogens is 1. The van der Waals surface area contributed by atoms with Crippen molar-refractivity contribution in [1.82, 2.24) is 4.98 Å². The lowest BCUT2D eigenvalue weighted by atomic mass is 10.1. The Morgan fingerprint density at radius 1 is 1.07 bits per heavy atom. The van der Waals surface area contributed by atoms with E-state index in [4.69, 9.17) is 0 Å². The molecule has 1 aliphatic heterocycles. The summed E-state index contributed by atoms with van der Waals surface area (Å²) >= 11 is 1.44. The third-order valence-electron chi connectivity index (χ3n) is 4.92. The number of thiazole rings is 1. The van der Waals surface area contributed by atoms with Gasteiger partial charge in [0.05, 0.1) is 5.69 Å². The minimum atomic E-state index is -0.0968. The van der Waals surface area contributed by atoms with E-state index in [0.717, 1.165) is 35.0 Å². The standard InChI is InChI=1S/C22H23N3OS/c1-15-14-18(10-11-19(15)25-12-6-7-13-25)24-21(26)20-16(2)23-22(27-20)17-8-4-3-5-9-17/h3-5,8-11,14H,6-7,12-13H2,1-2H3,(H,24,26). The fourth-order valence-electron chi connectivity index (χ4n) is 3.55. The molecule has 0 radical (unpaired) electrons. The Morgan fingerprint density at radius 2 is 1.81 bits per heavy atom. The molecule has 4 rings (SSSR count). The van der Waals surface area contributed by atoms with Gasteiger partial charge in [-0.1, -0.05) is 30.3 Å². The molecule has 5 heteroatoms. The van der Waals surface area contributed by atoms with Crippen LogP contribution in [0.2, 0.25) is 0 Å². The van der Waals surface area contributed by atoms with E-state index >= 15 is 0 Å². The van der Waals surface area contributed by atoms with Crippen LogP contribution in [0.5, 0.6) is 0 Å². The van der Waals surface area contributed by atoms with E-state index in [0.29, 0.717) is 4.88 Å². The molecule has 0 aliphatic carbocycles. The number of carbonyl (C=O) groups excluding carboxylic acids is 1. The van der Waals surface area contributed by atoms with Gasteiger partial charge in [-0.25, -0.2) is 4.98 Å². The van der Waals surface area contributed by atoms with Crippen LogP contribution in [0.25, 0.3) is 10.6 Å². The largest absolute Gasteiger partial charge is 0.371 e. The van der Waals surface area contributed by atoms with Crippen LogP contribution in [0.3, 0.4) is 0 Å². The van der Waals surface area contributed by atoms with Crippen molar-refractivity contribution in [3.05, 3.63) is 64.7 Å². The quantitative estimate of drug-likeness (QED) is 0.673. The highest BCUT2D eigenvalue weighted by Gasteiger charge is 2.18. The van der Waals surface area contributed by atoms with Gasteiger partial charge in [0.2, 0.25) is 0 Å². The second-order valence-corrected chi connectivity index (χ2v) is 7.95. The molecule has 1 fully saturated rings. The zero-order chi connectivity index (χ0) is 18.8. The van der Waals surface area contributed by atoms with Crippen molar-refractivity contribution >= 4 is 28.6 Å². The van der Waals surface area contributed by atoms with Gasteiger partial charge >= 0.3 is 0 Å². The number of hydrogen-bond acceptors (Lipinski definition) is 4. The lowest BCUT2D eigenvalue weighted by molar-refractivity contribution is 0.103. The molecule has 2 heterocycles. The number of anilines is 2. The number of amides is 1. The van der Waals surface area contributed by atoms with Gasteiger partial charge in [-0.05, 0) is 50.5 Å². The Bertz CT molecular complexity index is 959. The minimum Gasteiger partial charge on any atom is -0.371 e. The van der Waals surface area contributed by atoms with Crippen molar-refractivity contribution in [2.45, 2.75) is 26.7 Å². The van der Waals surface area contributed by atoms with Crippen LogP contribution >= 0.6 is 11.3 Å². The van der Waals surface area contributed by atoms with Gasteiger partial charge in [0.15, 0.2) is 0 Å². The summed E-state index contributed by atoms with van der Waals surface area (Å²) in [7, 11) is 0. The summed E-state index contributed by atoms with van der Waals surface area (Å²) in [6.45, 7) is 6.23. The molecule has 3 aromatic rings. The molecule has 0 unspecified atom stereocenters. The van der Waals surface area contributed by atoms with Crippen molar-refractivity contribution in [3.8, 4) is 10.6 Å². The van der Waals surface area contributed by atoms with Crippen molar-refractivity contribution in [3.63, 3.8) is 0 Å². The molecule has 4 nitrogen and oxygen atoms in total. The first-order chi connectivity index (χ1) is 13.1. The lowest BCUT2D eigenvalue weighted by Crippen LogP contribution is -2.19. The van der Waals surface area contributed by atoms with E-state index in [1.807, 2.05) is 43.3 Å². The summed E-state index contributed by atoms with van der Waals surface area (Å²) in [5.41, 5.74) is 5.10. The maximum Gasteiger partial charge on any atom is 0.267 e. The van der Waals surface area contributed by atoms with Gasteiger partial charge in [-0.15, -0.1) is 11.3 Å². The number of nitrogens with one attached hydrogen (secondary N) is 1. The summed E-state index contributed by atoms with van der Waals surface area (Å²) in [5.74, 6) is -0.0968. The number of aryl methyl sites for hydroxylation is 2. The fraction of sp³-hybridized carbons (Fsp3) is 0.273. The zero-order valence-electron chi connectivity index (χ0n) is 15.7. The van der Waals surface area contributed by atoms with Crippen LogP contribution in [0.4, 0.5) is 11.4 Å². The molecule has 0 spiro atoms.